The summed E-state index contributed by atoms with van der Waals surface area (Å²) >= 11 is 6.20. The van der Waals surface area contributed by atoms with Crippen LogP contribution in [0.3, 0.4) is 0 Å². The molecule has 0 bridgehead atoms. The molecule has 0 aromatic heterocycles. The number of hydrogen-bond acceptors (Lipinski definition) is 3. The molecule has 7 heteroatoms. The van der Waals surface area contributed by atoms with Gasteiger partial charge in [0.2, 0.25) is 0 Å². The van der Waals surface area contributed by atoms with Crippen LogP contribution in [-0.2, 0) is 4.79 Å². The minimum Gasteiger partial charge on any atom is -0.490 e. The van der Waals surface area contributed by atoms with Crippen molar-refractivity contribution in [1.82, 2.24) is 0 Å². The van der Waals surface area contributed by atoms with Gasteiger partial charge in [-0.2, -0.15) is 0 Å². The SMILES string of the molecule is O=C(O)C[C@H]1CC[C@H](c2ccc(-c3ccc4c(c3)OCCN4C(=O)Nc3ccccc3Cl)cc2)CC1. The van der Waals surface area contributed by atoms with Gasteiger partial charge in [-0.05, 0) is 78.5 Å². The molecule has 36 heavy (non-hydrogen) atoms. The van der Waals surface area contributed by atoms with E-state index in [9.17, 15) is 9.59 Å². The van der Waals surface area contributed by atoms with Gasteiger partial charge in [-0.15, -0.1) is 0 Å². The second-order valence-corrected chi connectivity index (χ2v) is 9.94. The number of hydrogen-bond donors (Lipinski definition) is 2. The van der Waals surface area contributed by atoms with Gasteiger partial charge in [0.25, 0.3) is 0 Å². The first-order valence-electron chi connectivity index (χ1n) is 12.4. The maximum Gasteiger partial charge on any atom is 0.326 e. The number of anilines is 2. The summed E-state index contributed by atoms with van der Waals surface area (Å²) < 4.78 is 5.91. The molecule has 3 aromatic carbocycles. The van der Waals surface area contributed by atoms with Crippen molar-refractivity contribution in [1.29, 1.82) is 0 Å². The highest BCUT2D eigenvalue weighted by atomic mass is 35.5. The number of carboxylic acids is 1. The number of rotatable bonds is 5. The Labute approximate surface area is 215 Å². The van der Waals surface area contributed by atoms with Gasteiger partial charge in [0.15, 0.2) is 0 Å². The van der Waals surface area contributed by atoms with Crippen LogP contribution in [0.25, 0.3) is 11.1 Å². The van der Waals surface area contributed by atoms with Gasteiger partial charge in [0, 0.05) is 6.42 Å². The van der Waals surface area contributed by atoms with E-state index in [1.165, 1.54) is 5.56 Å². The lowest BCUT2D eigenvalue weighted by Crippen LogP contribution is -2.40. The Morgan fingerprint density at radius 2 is 1.69 bits per heavy atom. The summed E-state index contributed by atoms with van der Waals surface area (Å²) in [7, 11) is 0. The maximum atomic E-state index is 13.0. The summed E-state index contributed by atoms with van der Waals surface area (Å²) in [6, 6.07) is 21.5. The molecule has 2 aliphatic rings. The fraction of sp³-hybridized carbons (Fsp3) is 0.310. The molecular formula is C29H29ClN2O4. The molecule has 6 nitrogen and oxygen atoms in total. The second kappa shape index (κ2) is 10.6. The summed E-state index contributed by atoms with van der Waals surface area (Å²) in [6.45, 7) is 0.863. The minimum atomic E-state index is -0.693. The number of para-hydroxylation sites is 1. The number of urea groups is 1. The molecule has 1 fully saturated rings. The monoisotopic (exact) mass is 504 g/mol. The lowest BCUT2D eigenvalue weighted by atomic mass is 9.77. The molecule has 1 aliphatic carbocycles. The first-order chi connectivity index (χ1) is 17.5. The molecule has 2 N–H and O–H groups in total. The van der Waals surface area contributed by atoms with Gasteiger partial charge in [-0.3, -0.25) is 9.69 Å². The molecule has 1 aliphatic heterocycles. The zero-order valence-electron chi connectivity index (χ0n) is 20.0. The van der Waals surface area contributed by atoms with Crippen LogP contribution < -0.4 is 15.0 Å². The van der Waals surface area contributed by atoms with E-state index in [4.69, 9.17) is 21.4 Å². The standard InChI is InChI=1S/C29H29ClN2O4/c30-24-3-1-2-4-25(24)31-29(35)32-15-16-36-27-18-23(13-14-26(27)32)22-11-9-21(10-12-22)20-7-5-19(6-8-20)17-28(33)34/h1-4,9-14,18-20H,5-8,15-17H2,(H,31,35)(H,33,34)/t19-,20-. The van der Waals surface area contributed by atoms with Crippen molar-refractivity contribution < 1.29 is 19.4 Å². The number of halogens is 1. The first kappa shape index (κ1) is 24.2. The van der Waals surface area contributed by atoms with Crippen molar-refractivity contribution in [2.24, 2.45) is 5.92 Å². The Bertz CT molecular complexity index is 1250. The van der Waals surface area contributed by atoms with Gasteiger partial charge in [-0.1, -0.05) is 54.1 Å². The van der Waals surface area contributed by atoms with Gasteiger partial charge < -0.3 is 15.2 Å². The van der Waals surface area contributed by atoms with Crippen molar-refractivity contribution >= 4 is 35.0 Å². The van der Waals surface area contributed by atoms with E-state index in [2.05, 4.69) is 29.6 Å². The Balaban J connectivity index is 1.27. The van der Waals surface area contributed by atoms with E-state index in [1.807, 2.05) is 30.3 Å². The highest BCUT2D eigenvalue weighted by Crippen LogP contribution is 2.39. The van der Waals surface area contributed by atoms with Crippen molar-refractivity contribution in [3.05, 3.63) is 77.3 Å². The van der Waals surface area contributed by atoms with Gasteiger partial charge >= 0.3 is 12.0 Å². The number of carbonyl (C=O) groups excluding carboxylic acids is 1. The van der Waals surface area contributed by atoms with Crippen LogP contribution in [0.1, 0.15) is 43.6 Å². The number of fused-ring (bicyclic) bond motifs is 1. The number of aliphatic carboxylic acids is 1. The van der Waals surface area contributed by atoms with E-state index < -0.39 is 5.97 Å². The highest BCUT2D eigenvalue weighted by molar-refractivity contribution is 6.33. The summed E-state index contributed by atoms with van der Waals surface area (Å²) in [6.07, 6.45) is 4.31. The number of amides is 2. The van der Waals surface area contributed by atoms with Crippen molar-refractivity contribution in [2.75, 3.05) is 23.4 Å². The van der Waals surface area contributed by atoms with Crippen LogP contribution in [0, 0.1) is 5.92 Å². The van der Waals surface area contributed by atoms with Crippen LogP contribution in [0.5, 0.6) is 5.75 Å². The Morgan fingerprint density at radius 1 is 0.972 bits per heavy atom. The van der Waals surface area contributed by atoms with E-state index in [0.717, 1.165) is 42.5 Å². The molecule has 0 unspecified atom stereocenters. The van der Waals surface area contributed by atoms with Crippen LogP contribution in [0.4, 0.5) is 16.2 Å². The molecule has 5 rings (SSSR count). The third kappa shape index (κ3) is 5.34. The van der Waals surface area contributed by atoms with Gasteiger partial charge in [-0.25, -0.2) is 4.79 Å². The number of carbonyl (C=O) groups is 2. The molecule has 0 radical (unpaired) electrons. The molecule has 3 aromatic rings. The summed E-state index contributed by atoms with van der Waals surface area (Å²) in [5.74, 6) is 0.774. The number of nitrogens with zero attached hydrogens (tertiary/aromatic N) is 1. The lowest BCUT2D eigenvalue weighted by molar-refractivity contribution is -0.138. The topological polar surface area (TPSA) is 78.9 Å². The van der Waals surface area contributed by atoms with Crippen LogP contribution in [-0.4, -0.2) is 30.3 Å². The van der Waals surface area contributed by atoms with E-state index in [0.29, 0.717) is 41.4 Å². The average Bonchev–Trinajstić information content (AvgIpc) is 2.89. The third-order valence-corrected chi connectivity index (χ3v) is 7.54. The highest BCUT2D eigenvalue weighted by Gasteiger charge is 2.26. The Hall–Kier alpha value is -3.51. The fourth-order valence-corrected chi connectivity index (χ4v) is 5.43. The molecule has 1 saturated carbocycles. The predicted octanol–water partition coefficient (Wildman–Crippen LogP) is 7.19. The van der Waals surface area contributed by atoms with Crippen LogP contribution >= 0.6 is 11.6 Å². The van der Waals surface area contributed by atoms with Crippen LogP contribution in [0.2, 0.25) is 5.02 Å². The summed E-state index contributed by atoms with van der Waals surface area (Å²) in [5, 5.41) is 12.4. The number of benzene rings is 3. The molecular weight excluding hydrogens is 476 g/mol. The van der Waals surface area contributed by atoms with E-state index in [1.54, 1.807) is 17.0 Å². The summed E-state index contributed by atoms with van der Waals surface area (Å²) in [5.41, 5.74) is 4.72. The predicted molar refractivity (Wildman–Crippen MR) is 142 cm³/mol. The lowest BCUT2D eigenvalue weighted by Gasteiger charge is -2.30. The molecule has 186 valence electrons. The first-order valence-corrected chi connectivity index (χ1v) is 12.8. The van der Waals surface area contributed by atoms with Crippen molar-refractivity contribution in [3.63, 3.8) is 0 Å². The van der Waals surface area contributed by atoms with Gasteiger partial charge in [0.1, 0.15) is 12.4 Å². The Morgan fingerprint density at radius 3 is 2.42 bits per heavy atom. The van der Waals surface area contributed by atoms with Crippen molar-refractivity contribution in [3.8, 4) is 16.9 Å². The quantitative estimate of drug-likeness (QED) is 0.385. The zero-order chi connectivity index (χ0) is 25.1. The van der Waals surface area contributed by atoms with Gasteiger partial charge in [0.05, 0.1) is 22.9 Å². The zero-order valence-corrected chi connectivity index (χ0v) is 20.7. The average molecular weight is 505 g/mol. The Kier molecular flexibility index (Phi) is 7.14. The largest absolute Gasteiger partial charge is 0.490 e. The normalized spacial score (nSPS) is 19.2. The van der Waals surface area contributed by atoms with Crippen molar-refractivity contribution in [2.45, 2.75) is 38.0 Å². The van der Waals surface area contributed by atoms with E-state index in [-0.39, 0.29) is 12.5 Å². The molecule has 1 heterocycles. The smallest absolute Gasteiger partial charge is 0.326 e. The molecule has 0 spiro atoms. The fourth-order valence-electron chi connectivity index (χ4n) is 5.25. The summed E-state index contributed by atoms with van der Waals surface area (Å²) in [4.78, 5) is 25.6. The molecule has 2 amide bonds. The number of carboxylic acid groups (broad SMARTS) is 1. The minimum absolute atomic E-state index is 0.247. The second-order valence-electron chi connectivity index (χ2n) is 9.53. The third-order valence-electron chi connectivity index (χ3n) is 7.21. The van der Waals surface area contributed by atoms with Crippen LogP contribution in [0.15, 0.2) is 66.7 Å². The number of nitrogens with one attached hydrogen (secondary N) is 1. The number of ether oxygens (including phenoxy) is 1. The molecule has 0 saturated heterocycles. The maximum absolute atomic E-state index is 13.0. The van der Waals surface area contributed by atoms with E-state index >= 15 is 0 Å². The molecule has 0 atom stereocenters.